The topological polar surface area (TPSA) is 25.2 Å². The normalized spacial score (nSPS) is 15.9. The number of benzene rings is 1. The van der Waals surface area contributed by atoms with Crippen LogP contribution in [0.15, 0.2) is 27.1 Å². The molecule has 1 fully saturated rings. The van der Waals surface area contributed by atoms with Crippen molar-refractivity contribution in [2.24, 2.45) is 0 Å². The van der Waals surface area contributed by atoms with Crippen LogP contribution >= 0.6 is 15.9 Å². The Morgan fingerprint density at radius 3 is 2.94 bits per heavy atom. The molecule has 1 aromatic carbocycles. The lowest BCUT2D eigenvalue weighted by Gasteiger charge is -1.97. The summed E-state index contributed by atoms with van der Waals surface area (Å²) in [5.74, 6) is 1.02. The molecule has 84 valence electrons. The van der Waals surface area contributed by atoms with Crippen molar-refractivity contribution in [3.63, 3.8) is 0 Å². The fraction of sp³-hybridized carbons (Fsp3) is 0.385. The van der Waals surface area contributed by atoms with Crippen LogP contribution in [0.5, 0.6) is 0 Å². The molecule has 2 aromatic rings. The van der Waals surface area contributed by atoms with E-state index in [4.69, 9.17) is 4.42 Å². The summed E-state index contributed by atoms with van der Waals surface area (Å²) in [4.78, 5) is 0. The average molecular weight is 280 g/mol. The number of hydrogen-bond donors (Lipinski definition) is 1. The van der Waals surface area contributed by atoms with Gasteiger partial charge in [0, 0.05) is 11.4 Å². The standard InChI is InChI=1S/C13H14BrNO/c1-8-4-9-6-11(7-15-10-2-3-10)16-13(9)12(14)5-8/h4-6,10,15H,2-3,7H2,1H3. The van der Waals surface area contributed by atoms with Crippen molar-refractivity contribution in [1.29, 1.82) is 0 Å². The molecule has 1 N–H and O–H groups in total. The quantitative estimate of drug-likeness (QED) is 0.926. The van der Waals surface area contributed by atoms with Gasteiger partial charge in [-0.3, -0.25) is 0 Å². The molecule has 0 aliphatic heterocycles. The van der Waals surface area contributed by atoms with Crippen molar-refractivity contribution in [3.05, 3.63) is 34.0 Å². The maximum absolute atomic E-state index is 5.82. The number of rotatable bonds is 3. The molecule has 0 spiro atoms. The Labute approximate surface area is 103 Å². The molecular weight excluding hydrogens is 266 g/mol. The number of nitrogens with one attached hydrogen (secondary N) is 1. The summed E-state index contributed by atoms with van der Waals surface area (Å²) in [6.07, 6.45) is 2.62. The van der Waals surface area contributed by atoms with E-state index in [2.05, 4.69) is 46.4 Å². The SMILES string of the molecule is Cc1cc(Br)c2oc(CNC3CC3)cc2c1. The van der Waals surface area contributed by atoms with Crippen LogP contribution in [-0.2, 0) is 6.54 Å². The zero-order valence-corrected chi connectivity index (χ0v) is 10.8. The highest BCUT2D eigenvalue weighted by atomic mass is 79.9. The summed E-state index contributed by atoms with van der Waals surface area (Å²) < 4.78 is 6.86. The molecule has 0 atom stereocenters. The monoisotopic (exact) mass is 279 g/mol. The van der Waals surface area contributed by atoms with Gasteiger partial charge in [0.25, 0.3) is 0 Å². The highest BCUT2D eigenvalue weighted by Crippen LogP contribution is 2.29. The van der Waals surface area contributed by atoms with Crippen molar-refractivity contribution in [1.82, 2.24) is 5.32 Å². The number of aryl methyl sites for hydroxylation is 1. The van der Waals surface area contributed by atoms with Gasteiger partial charge in [-0.05, 0) is 59.5 Å². The molecule has 3 rings (SSSR count). The first-order chi connectivity index (χ1) is 7.72. The molecule has 0 unspecified atom stereocenters. The third-order valence-electron chi connectivity index (χ3n) is 2.91. The van der Waals surface area contributed by atoms with Crippen molar-refractivity contribution in [3.8, 4) is 0 Å². The molecule has 1 aromatic heterocycles. The van der Waals surface area contributed by atoms with Gasteiger partial charge in [-0.1, -0.05) is 0 Å². The molecule has 0 radical (unpaired) electrons. The number of furan rings is 1. The van der Waals surface area contributed by atoms with Crippen LogP contribution in [0.1, 0.15) is 24.2 Å². The first kappa shape index (κ1) is 10.4. The minimum Gasteiger partial charge on any atom is -0.459 e. The molecule has 1 aliphatic rings. The summed E-state index contributed by atoms with van der Waals surface area (Å²) >= 11 is 3.54. The minimum absolute atomic E-state index is 0.721. The van der Waals surface area contributed by atoms with E-state index < -0.39 is 0 Å². The first-order valence-electron chi connectivity index (χ1n) is 5.64. The van der Waals surface area contributed by atoms with E-state index in [1.807, 2.05) is 0 Å². The van der Waals surface area contributed by atoms with Crippen molar-refractivity contribution >= 4 is 26.9 Å². The van der Waals surface area contributed by atoms with Gasteiger partial charge in [0.05, 0.1) is 11.0 Å². The molecule has 16 heavy (non-hydrogen) atoms. The van der Waals surface area contributed by atoms with Gasteiger partial charge >= 0.3 is 0 Å². The van der Waals surface area contributed by atoms with Gasteiger partial charge in [-0.25, -0.2) is 0 Å². The third-order valence-corrected chi connectivity index (χ3v) is 3.50. The molecule has 0 saturated heterocycles. The number of fused-ring (bicyclic) bond motifs is 1. The van der Waals surface area contributed by atoms with Crippen molar-refractivity contribution in [2.75, 3.05) is 0 Å². The summed E-state index contributed by atoms with van der Waals surface area (Å²) in [6, 6.07) is 7.09. The number of halogens is 1. The van der Waals surface area contributed by atoms with Crippen molar-refractivity contribution < 1.29 is 4.42 Å². The molecule has 0 amide bonds. The molecule has 2 nitrogen and oxygen atoms in total. The second-order valence-corrected chi connectivity index (χ2v) is 5.39. The van der Waals surface area contributed by atoms with E-state index >= 15 is 0 Å². The largest absolute Gasteiger partial charge is 0.459 e. The van der Waals surface area contributed by atoms with Gasteiger partial charge in [0.2, 0.25) is 0 Å². The summed E-state index contributed by atoms with van der Waals surface area (Å²) in [7, 11) is 0. The lowest BCUT2D eigenvalue weighted by atomic mass is 10.2. The Balaban J connectivity index is 1.91. The Morgan fingerprint density at radius 2 is 2.19 bits per heavy atom. The van der Waals surface area contributed by atoms with E-state index in [1.54, 1.807) is 0 Å². The minimum atomic E-state index is 0.721. The fourth-order valence-electron chi connectivity index (χ4n) is 1.92. The molecule has 3 heteroatoms. The van der Waals surface area contributed by atoms with Gasteiger partial charge in [-0.15, -0.1) is 0 Å². The van der Waals surface area contributed by atoms with E-state index in [1.165, 1.54) is 23.8 Å². The smallest absolute Gasteiger partial charge is 0.148 e. The van der Waals surface area contributed by atoms with Crippen LogP contribution in [0.2, 0.25) is 0 Å². The maximum atomic E-state index is 5.82. The lowest BCUT2D eigenvalue weighted by Crippen LogP contribution is -2.14. The molecule has 1 heterocycles. The van der Waals surface area contributed by atoms with Crippen LogP contribution in [0.3, 0.4) is 0 Å². The van der Waals surface area contributed by atoms with Gasteiger partial charge in [0.1, 0.15) is 11.3 Å². The van der Waals surface area contributed by atoms with Crippen molar-refractivity contribution in [2.45, 2.75) is 32.4 Å². The van der Waals surface area contributed by atoms with E-state index in [0.29, 0.717) is 0 Å². The van der Waals surface area contributed by atoms with Gasteiger partial charge in [0.15, 0.2) is 0 Å². The maximum Gasteiger partial charge on any atom is 0.148 e. The Hall–Kier alpha value is -0.800. The predicted molar refractivity (Wildman–Crippen MR) is 68.5 cm³/mol. The molecular formula is C13H14BrNO. The van der Waals surface area contributed by atoms with E-state index in [0.717, 1.165) is 28.4 Å². The van der Waals surface area contributed by atoms with Gasteiger partial charge in [-0.2, -0.15) is 0 Å². The molecule has 1 aliphatic carbocycles. The van der Waals surface area contributed by atoms with Gasteiger partial charge < -0.3 is 9.73 Å². The molecule has 0 bridgehead atoms. The highest BCUT2D eigenvalue weighted by Gasteiger charge is 2.20. The lowest BCUT2D eigenvalue weighted by molar-refractivity contribution is 0.511. The number of hydrogen-bond acceptors (Lipinski definition) is 2. The van der Waals surface area contributed by atoms with Crippen LogP contribution in [0.25, 0.3) is 11.0 Å². The summed E-state index contributed by atoms with van der Waals surface area (Å²) in [5.41, 5.74) is 2.21. The van der Waals surface area contributed by atoms with E-state index in [9.17, 15) is 0 Å². The predicted octanol–water partition coefficient (Wildman–Crippen LogP) is 3.76. The Morgan fingerprint density at radius 1 is 1.38 bits per heavy atom. The zero-order chi connectivity index (χ0) is 11.1. The second kappa shape index (κ2) is 3.90. The van der Waals surface area contributed by atoms with Crippen LogP contribution in [0.4, 0.5) is 0 Å². The molecule has 1 saturated carbocycles. The van der Waals surface area contributed by atoms with Crippen LogP contribution < -0.4 is 5.32 Å². The second-order valence-electron chi connectivity index (χ2n) is 4.53. The zero-order valence-electron chi connectivity index (χ0n) is 9.22. The highest BCUT2D eigenvalue weighted by molar-refractivity contribution is 9.10. The summed E-state index contributed by atoms with van der Waals surface area (Å²) in [6.45, 7) is 2.93. The Kier molecular flexibility index (Phi) is 2.52. The van der Waals surface area contributed by atoms with Crippen LogP contribution in [0, 0.1) is 6.92 Å². The van der Waals surface area contributed by atoms with Crippen LogP contribution in [-0.4, -0.2) is 6.04 Å². The first-order valence-corrected chi connectivity index (χ1v) is 6.43. The Bertz CT molecular complexity index is 528. The third kappa shape index (κ3) is 2.02. The fourth-order valence-corrected chi connectivity index (χ4v) is 2.60. The average Bonchev–Trinajstić information content (AvgIpc) is 2.96. The summed E-state index contributed by atoms with van der Waals surface area (Å²) in [5, 5.41) is 4.64. The van der Waals surface area contributed by atoms with E-state index in [-0.39, 0.29) is 0 Å².